The van der Waals surface area contributed by atoms with Gasteiger partial charge < -0.3 is 10.3 Å². The molecule has 1 aromatic carbocycles. The molecule has 2 aromatic rings. The van der Waals surface area contributed by atoms with Gasteiger partial charge in [-0.25, -0.2) is 0 Å². The second-order valence-electron chi connectivity index (χ2n) is 5.60. The van der Waals surface area contributed by atoms with Gasteiger partial charge in [-0.05, 0) is 43.0 Å². The minimum atomic E-state index is 0.141. The minimum Gasteiger partial charge on any atom is -0.350 e. The number of fused-ring (bicyclic) bond motifs is 1. The zero-order chi connectivity index (χ0) is 12.6. The number of nitrogens with two attached hydrogens (primary N) is 1. The van der Waals surface area contributed by atoms with Crippen LogP contribution in [0.15, 0.2) is 24.4 Å². The SMILES string of the molecule is Cc1ccc2c(c1)c(C(C)(C)CCN)cn2C. The fraction of sp³-hybridized carbons (Fsp3) is 0.467. The van der Waals surface area contributed by atoms with Crippen LogP contribution in [0.2, 0.25) is 0 Å². The van der Waals surface area contributed by atoms with E-state index in [0.717, 1.165) is 13.0 Å². The van der Waals surface area contributed by atoms with Crippen LogP contribution in [-0.2, 0) is 12.5 Å². The van der Waals surface area contributed by atoms with Crippen molar-refractivity contribution in [1.29, 1.82) is 0 Å². The molecule has 2 rings (SSSR count). The second-order valence-corrected chi connectivity index (χ2v) is 5.60. The molecule has 0 saturated carbocycles. The number of nitrogens with zero attached hydrogens (tertiary/aromatic N) is 1. The van der Waals surface area contributed by atoms with E-state index in [-0.39, 0.29) is 5.41 Å². The number of aryl methyl sites for hydroxylation is 2. The van der Waals surface area contributed by atoms with E-state index in [1.807, 2.05) is 0 Å². The van der Waals surface area contributed by atoms with E-state index in [2.05, 4.69) is 56.8 Å². The summed E-state index contributed by atoms with van der Waals surface area (Å²) >= 11 is 0. The Morgan fingerprint density at radius 3 is 2.65 bits per heavy atom. The van der Waals surface area contributed by atoms with Crippen LogP contribution < -0.4 is 5.73 Å². The van der Waals surface area contributed by atoms with E-state index >= 15 is 0 Å². The van der Waals surface area contributed by atoms with Crippen LogP contribution in [0.5, 0.6) is 0 Å². The largest absolute Gasteiger partial charge is 0.350 e. The number of benzene rings is 1. The first-order valence-electron chi connectivity index (χ1n) is 6.22. The first-order valence-corrected chi connectivity index (χ1v) is 6.22. The Bertz CT molecular complexity index is 535. The lowest BCUT2D eigenvalue weighted by Gasteiger charge is -2.23. The summed E-state index contributed by atoms with van der Waals surface area (Å²) in [5, 5.41) is 1.37. The maximum absolute atomic E-state index is 5.73. The molecule has 0 fully saturated rings. The molecule has 1 heterocycles. The van der Waals surface area contributed by atoms with Crippen LogP contribution in [-0.4, -0.2) is 11.1 Å². The fourth-order valence-corrected chi connectivity index (χ4v) is 2.54. The first-order chi connectivity index (χ1) is 7.95. The quantitative estimate of drug-likeness (QED) is 0.863. The second kappa shape index (κ2) is 4.19. The molecule has 0 atom stereocenters. The molecular weight excluding hydrogens is 208 g/mol. The minimum absolute atomic E-state index is 0.141. The molecule has 1 aromatic heterocycles. The van der Waals surface area contributed by atoms with Crippen molar-refractivity contribution in [2.75, 3.05) is 6.54 Å². The summed E-state index contributed by atoms with van der Waals surface area (Å²) in [5.74, 6) is 0. The van der Waals surface area contributed by atoms with E-state index < -0.39 is 0 Å². The molecule has 0 radical (unpaired) electrons. The van der Waals surface area contributed by atoms with Gasteiger partial charge in [0.05, 0.1) is 0 Å². The van der Waals surface area contributed by atoms with Gasteiger partial charge in [0.15, 0.2) is 0 Å². The highest BCUT2D eigenvalue weighted by Crippen LogP contribution is 2.34. The molecule has 0 bridgehead atoms. The van der Waals surface area contributed by atoms with Crippen LogP contribution in [0.4, 0.5) is 0 Å². The molecule has 92 valence electrons. The third-order valence-electron chi connectivity index (χ3n) is 3.64. The predicted octanol–water partition coefficient (Wildman–Crippen LogP) is 3.11. The van der Waals surface area contributed by atoms with Crippen molar-refractivity contribution < 1.29 is 0 Å². The summed E-state index contributed by atoms with van der Waals surface area (Å²) in [6.07, 6.45) is 3.26. The highest BCUT2D eigenvalue weighted by Gasteiger charge is 2.23. The molecule has 0 saturated heterocycles. The van der Waals surface area contributed by atoms with Gasteiger partial charge in [-0.1, -0.05) is 25.5 Å². The van der Waals surface area contributed by atoms with Crippen LogP contribution in [0, 0.1) is 6.92 Å². The Kier molecular flexibility index (Phi) is 3.00. The Labute approximate surface area is 103 Å². The average Bonchev–Trinajstić information content (AvgIpc) is 2.56. The van der Waals surface area contributed by atoms with Crippen molar-refractivity contribution in [1.82, 2.24) is 4.57 Å². The van der Waals surface area contributed by atoms with Crippen molar-refractivity contribution in [2.24, 2.45) is 12.8 Å². The van der Waals surface area contributed by atoms with Gasteiger partial charge in [-0.3, -0.25) is 0 Å². The van der Waals surface area contributed by atoms with Gasteiger partial charge >= 0.3 is 0 Å². The molecule has 2 nitrogen and oxygen atoms in total. The van der Waals surface area contributed by atoms with E-state index in [4.69, 9.17) is 5.73 Å². The molecule has 2 N–H and O–H groups in total. The van der Waals surface area contributed by atoms with Crippen molar-refractivity contribution >= 4 is 10.9 Å². The van der Waals surface area contributed by atoms with Crippen molar-refractivity contribution in [3.8, 4) is 0 Å². The lowest BCUT2D eigenvalue weighted by atomic mass is 9.81. The molecular formula is C15H22N2. The van der Waals surface area contributed by atoms with Crippen LogP contribution in [0.1, 0.15) is 31.4 Å². The predicted molar refractivity (Wildman–Crippen MR) is 74.4 cm³/mol. The number of hydrogen-bond donors (Lipinski definition) is 1. The Morgan fingerprint density at radius 1 is 1.29 bits per heavy atom. The van der Waals surface area contributed by atoms with Gasteiger partial charge in [-0.2, -0.15) is 0 Å². The van der Waals surface area contributed by atoms with Crippen LogP contribution in [0.3, 0.4) is 0 Å². The summed E-state index contributed by atoms with van der Waals surface area (Å²) in [6.45, 7) is 7.43. The lowest BCUT2D eigenvalue weighted by molar-refractivity contribution is 0.490. The van der Waals surface area contributed by atoms with E-state index in [1.54, 1.807) is 0 Å². The van der Waals surface area contributed by atoms with E-state index in [1.165, 1.54) is 22.0 Å². The Morgan fingerprint density at radius 2 is 2.00 bits per heavy atom. The van der Waals surface area contributed by atoms with Gasteiger partial charge in [-0.15, -0.1) is 0 Å². The van der Waals surface area contributed by atoms with Gasteiger partial charge in [0.25, 0.3) is 0 Å². The van der Waals surface area contributed by atoms with Crippen molar-refractivity contribution in [2.45, 2.75) is 32.6 Å². The maximum Gasteiger partial charge on any atom is 0.0480 e. The summed E-state index contributed by atoms with van der Waals surface area (Å²) in [6, 6.07) is 6.65. The zero-order valence-electron chi connectivity index (χ0n) is 11.2. The average molecular weight is 230 g/mol. The summed E-state index contributed by atoms with van der Waals surface area (Å²) in [4.78, 5) is 0. The van der Waals surface area contributed by atoms with Gasteiger partial charge in [0.1, 0.15) is 0 Å². The molecule has 0 aliphatic rings. The molecule has 0 aliphatic carbocycles. The Hall–Kier alpha value is -1.28. The molecule has 0 unspecified atom stereocenters. The van der Waals surface area contributed by atoms with E-state index in [0.29, 0.717) is 0 Å². The topological polar surface area (TPSA) is 30.9 Å². The smallest absolute Gasteiger partial charge is 0.0480 e. The first kappa shape index (κ1) is 12.2. The number of aromatic nitrogens is 1. The fourth-order valence-electron chi connectivity index (χ4n) is 2.54. The van der Waals surface area contributed by atoms with Gasteiger partial charge in [0, 0.05) is 24.1 Å². The summed E-state index contributed by atoms with van der Waals surface area (Å²) < 4.78 is 2.21. The maximum atomic E-state index is 5.73. The highest BCUT2D eigenvalue weighted by molar-refractivity contribution is 5.85. The number of hydrogen-bond acceptors (Lipinski definition) is 1. The molecule has 2 heteroatoms. The highest BCUT2D eigenvalue weighted by atomic mass is 14.9. The summed E-state index contributed by atoms with van der Waals surface area (Å²) in [5.41, 5.74) is 9.89. The monoisotopic (exact) mass is 230 g/mol. The molecule has 0 spiro atoms. The summed E-state index contributed by atoms with van der Waals surface area (Å²) in [7, 11) is 2.11. The van der Waals surface area contributed by atoms with Crippen molar-refractivity contribution in [3.05, 3.63) is 35.5 Å². The van der Waals surface area contributed by atoms with Gasteiger partial charge in [0.2, 0.25) is 0 Å². The number of rotatable bonds is 3. The molecule has 0 aliphatic heterocycles. The molecule has 17 heavy (non-hydrogen) atoms. The third kappa shape index (κ3) is 2.09. The molecule has 0 amide bonds. The lowest BCUT2D eigenvalue weighted by Crippen LogP contribution is -2.21. The standard InChI is InChI=1S/C15H22N2/c1-11-5-6-14-12(9-11)13(10-17(14)4)15(2,3)7-8-16/h5-6,9-10H,7-8,16H2,1-4H3. The third-order valence-corrected chi connectivity index (χ3v) is 3.64. The van der Waals surface area contributed by atoms with Crippen LogP contribution >= 0.6 is 0 Å². The normalized spacial score (nSPS) is 12.3. The van der Waals surface area contributed by atoms with E-state index in [9.17, 15) is 0 Å². The van der Waals surface area contributed by atoms with Crippen molar-refractivity contribution in [3.63, 3.8) is 0 Å². The zero-order valence-corrected chi connectivity index (χ0v) is 11.2. The van der Waals surface area contributed by atoms with Crippen LogP contribution in [0.25, 0.3) is 10.9 Å². The Balaban J connectivity index is 2.65.